The third-order valence-electron chi connectivity index (χ3n) is 8.93. The van der Waals surface area contributed by atoms with Gasteiger partial charge in [0.2, 0.25) is 18.9 Å². The van der Waals surface area contributed by atoms with Crippen molar-refractivity contribution in [2.75, 3.05) is 6.61 Å². The molecule has 47 heavy (non-hydrogen) atoms. The number of carbonyl (C=O) groups excluding carboxylic acids is 3. The minimum atomic E-state index is -2.04. The Labute approximate surface area is 298 Å². The molecule has 16 heteroatoms. The summed E-state index contributed by atoms with van der Waals surface area (Å²) in [4.78, 5) is 32.3. The van der Waals surface area contributed by atoms with Crippen LogP contribution in [0.5, 0.6) is 0 Å². The van der Waals surface area contributed by atoms with Crippen molar-refractivity contribution in [3.63, 3.8) is 0 Å². The average molecular weight is 695 g/mol. The minimum Gasteiger partial charge on any atom is -0.870 e. The van der Waals surface area contributed by atoms with Gasteiger partial charge in [-0.3, -0.25) is 14.4 Å². The minimum absolute atomic E-state index is 0. The van der Waals surface area contributed by atoms with Crippen LogP contribution in [-0.2, 0) is 42.8 Å². The van der Waals surface area contributed by atoms with Crippen LogP contribution in [0.1, 0.15) is 82.1 Å². The molecule has 272 valence electrons. The second kappa shape index (κ2) is 22.7. The molecule has 0 bridgehead atoms. The van der Waals surface area contributed by atoms with Crippen molar-refractivity contribution in [1.29, 1.82) is 0 Å². The maximum Gasteiger partial charge on any atom is 1.00 e. The van der Waals surface area contributed by atoms with Gasteiger partial charge >= 0.3 is 47.5 Å². The van der Waals surface area contributed by atoms with E-state index in [4.69, 9.17) is 28.8 Å². The number of hydrogen-bond donors (Lipinski definition) is 3. The van der Waals surface area contributed by atoms with Gasteiger partial charge in [0.25, 0.3) is 0 Å². The van der Waals surface area contributed by atoms with E-state index in [1.807, 2.05) is 20.8 Å². The molecule has 13 nitrogen and oxygen atoms in total. The molecule has 15 atom stereocenters. The van der Waals surface area contributed by atoms with Crippen LogP contribution in [0.2, 0.25) is 0 Å². The Kier molecular flexibility index (Phi) is 23.2. The number of esters is 3. The van der Waals surface area contributed by atoms with Crippen molar-refractivity contribution >= 4 is 17.9 Å². The fourth-order valence-electron chi connectivity index (χ4n) is 5.53. The summed E-state index contributed by atoms with van der Waals surface area (Å²) in [6.45, 7) is 17.5. The number of carbonyl (C=O) groups is 3. The van der Waals surface area contributed by atoms with E-state index in [1.165, 1.54) is 13.8 Å². The zero-order valence-electron chi connectivity index (χ0n) is 29.5. The number of halogens is 2. The summed E-state index contributed by atoms with van der Waals surface area (Å²) in [6.07, 6.45) is -8.77. The molecule has 6 unspecified atom stereocenters. The summed E-state index contributed by atoms with van der Waals surface area (Å²) in [5.74, 6) is -0.216. The van der Waals surface area contributed by atoms with Gasteiger partial charge < -0.3 is 49.2 Å². The second-order valence-electron chi connectivity index (χ2n) is 12.1. The fraction of sp³-hybridized carbons (Fsp3) is 0.903. The number of aliphatic hydroxyl groups is 3. The number of aliphatic hydroxyl groups excluding tert-OH is 3. The van der Waals surface area contributed by atoms with Gasteiger partial charge in [0, 0.05) is 26.7 Å². The van der Waals surface area contributed by atoms with Crippen molar-refractivity contribution in [1.82, 2.24) is 0 Å². The van der Waals surface area contributed by atoms with Crippen LogP contribution in [-0.4, -0.2) is 107 Å². The molecule has 0 saturated carbocycles. The van der Waals surface area contributed by atoms with Crippen LogP contribution in [0.15, 0.2) is 0 Å². The molecule has 3 fully saturated rings. The van der Waals surface area contributed by atoms with Crippen LogP contribution in [0.3, 0.4) is 0 Å². The first-order valence-corrected chi connectivity index (χ1v) is 15.6. The SMILES string of the molecule is CC(=O)O[C@@H]1OC(CO)[C@@H](O)[C@H](O)C1[18F].CCC1O[C@@H](OC(C)=O)C(C)[C@@H](C)[C@@H]1C.CCC1O[C@@H](OC(C)=O)C([18F])[C@@H](C)[C@@H]1C.[Na+].[OH-]. The Bertz CT molecular complexity index is 814. The number of hydrogen-bond acceptors (Lipinski definition) is 13. The van der Waals surface area contributed by atoms with E-state index in [-0.39, 0.29) is 77.3 Å². The van der Waals surface area contributed by atoms with E-state index in [2.05, 4.69) is 32.4 Å². The molecule has 0 aromatic heterocycles. The third-order valence-corrected chi connectivity index (χ3v) is 8.93. The van der Waals surface area contributed by atoms with Gasteiger partial charge in [-0.05, 0) is 36.5 Å². The molecule has 0 aliphatic carbocycles. The fourth-order valence-corrected chi connectivity index (χ4v) is 5.53. The van der Waals surface area contributed by atoms with Gasteiger partial charge in [0.05, 0.1) is 18.8 Å². The Morgan fingerprint density at radius 3 is 1.36 bits per heavy atom. The van der Waals surface area contributed by atoms with E-state index in [0.29, 0.717) is 11.8 Å². The first kappa shape index (κ1) is 48.1. The smallest absolute Gasteiger partial charge is 0.870 e. The van der Waals surface area contributed by atoms with Gasteiger partial charge in [0.1, 0.15) is 18.3 Å². The molecular weight excluding hydrogens is 639 g/mol. The number of ether oxygens (including phenoxy) is 6. The van der Waals surface area contributed by atoms with Gasteiger partial charge in [-0.15, -0.1) is 0 Å². The molecule has 3 aliphatic heterocycles. The zero-order valence-corrected chi connectivity index (χ0v) is 31.5. The maximum absolute atomic E-state index is 13.8. The average Bonchev–Trinajstić information content (AvgIpc) is 2.98. The van der Waals surface area contributed by atoms with Crippen LogP contribution in [0.4, 0.5) is 8.78 Å². The first-order valence-electron chi connectivity index (χ1n) is 15.6. The summed E-state index contributed by atoms with van der Waals surface area (Å²) in [6, 6.07) is 0. The van der Waals surface area contributed by atoms with Crippen LogP contribution in [0.25, 0.3) is 0 Å². The van der Waals surface area contributed by atoms with Gasteiger partial charge in [-0.2, -0.15) is 0 Å². The van der Waals surface area contributed by atoms with Crippen molar-refractivity contribution in [3.05, 3.63) is 0 Å². The van der Waals surface area contributed by atoms with Crippen molar-refractivity contribution in [2.24, 2.45) is 29.6 Å². The molecule has 0 spiro atoms. The van der Waals surface area contributed by atoms with Gasteiger partial charge in [-0.1, -0.05) is 48.5 Å². The first-order chi connectivity index (χ1) is 20.9. The summed E-state index contributed by atoms with van der Waals surface area (Å²) in [7, 11) is 0. The van der Waals surface area contributed by atoms with E-state index in [9.17, 15) is 33.4 Å². The Morgan fingerprint density at radius 2 is 0.957 bits per heavy atom. The molecule has 3 aliphatic rings. The summed E-state index contributed by atoms with van der Waals surface area (Å²) >= 11 is 0. The number of alkyl halides is 2. The van der Waals surface area contributed by atoms with Crippen molar-refractivity contribution < 1.29 is 102 Å². The maximum atomic E-state index is 13.8. The quantitative estimate of drug-likeness (QED) is 0.192. The molecule has 3 saturated heterocycles. The summed E-state index contributed by atoms with van der Waals surface area (Å²) in [5.41, 5.74) is 0. The molecule has 3 rings (SSSR count). The topological polar surface area (TPSA) is 197 Å². The van der Waals surface area contributed by atoms with Crippen molar-refractivity contribution in [2.45, 2.75) is 144 Å². The Morgan fingerprint density at radius 1 is 0.596 bits per heavy atom. The van der Waals surface area contributed by atoms with Crippen molar-refractivity contribution in [3.8, 4) is 0 Å². The third kappa shape index (κ3) is 14.0. The summed E-state index contributed by atoms with van der Waals surface area (Å²) in [5, 5.41) is 27.2. The standard InChI is InChI=1S/C12H22O3.C11H19FO3.C8H13FO6.Na.H2O/c1-6-11-8(3)7(2)9(4)12(15-11)14-10(5)13;1-5-9-6(2)7(3)10(12)11(15-9)14-8(4)13;1-3(11)14-8-5(9)7(13)6(12)4(2-10)15-8;;/h7-9,11-12H,6H2,1-5H3;6-7,9-11H,5H2,1-4H3;4-8,10,12-13H,2H2,1H3;;1H2/q;;;+1;/p-1/t7-,8-,9?,11?,12+;6-,7-,9?,10?,11+;4?,5?,6-,7-,8-;;/m001../s1/i;12-1;9-1;;. The zero-order chi connectivity index (χ0) is 34.8. The summed E-state index contributed by atoms with van der Waals surface area (Å²) < 4.78 is 57.5. The van der Waals surface area contributed by atoms with Gasteiger partial charge in [0.15, 0.2) is 12.3 Å². The van der Waals surface area contributed by atoms with Crippen LogP contribution < -0.4 is 29.6 Å². The molecule has 0 radical (unpaired) electrons. The number of rotatable bonds is 6. The Hall–Kier alpha value is -1.01. The molecule has 0 aromatic carbocycles. The second-order valence-corrected chi connectivity index (χ2v) is 12.1. The van der Waals surface area contributed by atoms with E-state index in [1.54, 1.807) is 0 Å². The van der Waals surface area contributed by atoms with Crippen LogP contribution in [0, 0.1) is 29.6 Å². The monoisotopic (exact) mass is 694 g/mol. The molecule has 0 amide bonds. The molecule has 4 N–H and O–H groups in total. The predicted molar refractivity (Wildman–Crippen MR) is 159 cm³/mol. The van der Waals surface area contributed by atoms with Crippen LogP contribution >= 0.6 is 0 Å². The van der Waals surface area contributed by atoms with E-state index < -0.39 is 61.8 Å². The molecular formula is C31H55F2NaO13. The molecule has 0 aromatic rings. The largest absolute Gasteiger partial charge is 1.00 e. The predicted octanol–water partition coefficient (Wildman–Crippen LogP) is 0.0412. The van der Waals surface area contributed by atoms with Gasteiger partial charge in [-0.25, -0.2) is 8.78 Å². The Balaban J connectivity index is 0. The molecule has 3 heterocycles. The normalized spacial score (nSPS) is 39.5. The van der Waals surface area contributed by atoms with E-state index >= 15 is 0 Å². The van der Waals surface area contributed by atoms with E-state index in [0.717, 1.165) is 19.8 Å².